The summed E-state index contributed by atoms with van der Waals surface area (Å²) in [6, 6.07) is 13.0. The van der Waals surface area contributed by atoms with Crippen LogP contribution in [0.4, 0.5) is 0 Å². The van der Waals surface area contributed by atoms with Crippen molar-refractivity contribution in [2.45, 2.75) is 25.9 Å². The van der Waals surface area contributed by atoms with Gasteiger partial charge in [-0.05, 0) is 55.2 Å². The number of likely N-dealkylation sites (tertiary alicyclic amines) is 1. The maximum absolute atomic E-state index is 12.9. The molecule has 1 fully saturated rings. The van der Waals surface area contributed by atoms with E-state index in [0.29, 0.717) is 30.0 Å². The fourth-order valence-corrected chi connectivity index (χ4v) is 3.47. The number of rotatable bonds is 5. The lowest BCUT2D eigenvalue weighted by atomic mass is 9.98. The van der Waals surface area contributed by atoms with E-state index in [1.165, 1.54) is 6.92 Å². The molecule has 0 N–H and O–H groups in total. The van der Waals surface area contributed by atoms with Crippen molar-refractivity contribution in [2.24, 2.45) is 0 Å². The van der Waals surface area contributed by atoms with Crippen LogP contribution in [0.1, 0.15) is 40.5 Å². The van der Waals surface area contributed by atoms with Gasteiger partial charge in [0.1, 0.15) is 5.75 Å². The molecule has 2 aromatic carbocycles. The fourth-order valence-electron chi connectivity index (χ4n) is 3.47. The molecule has 3 rings (SSSR count). The van der Waals surface area contributed by atoms with E-state index >= 15 is 0 Å². The molecule has 1 saturated heterocycles. The fraction of sp³-hybridized carbons (Fsp3) is 0.364. The van der Waals surface area contributed by atoms with Gasteiger partial charge in [0.15, 0.2) is 5.78 Å². The average molecular weight is 367 g/mol. The first kappa shape index (κ1) is 19.1. The molecular formula is C22H25NO4. The van der Waals surface area contributed by atoms with Crippen molar-refractivity contribution in [3.63, 3.8) is 0 Å². The minimum atomic E-state index is -0.0538. The Morgan fingerprint density at radius 3 is 2.33 bits per heavy atom. The maximum Gasteiger partial charge on any atom is 0.253 e. The number of benzene rings is 2. The zero-order chi connectivity index (χ0) is 19.4. The van der Waals surface area contributed by atoms with Crippen LogP contribution in [0.2, 0.25) is 0 Å². The zero-order valence-corrected chi connectivity index (χ0v) is 16.0. The highest BCUT2D eigenvalue weighted by molar-refractivity contribution is 5.99. The Morgan fingerprint density at radius 1 is 1.00 bits per heavy atom. The Balaban J connectivity index is 1.85. The molecular weight excluding hydrogens is 342 g/mol. The predicted molar refractivity (Wildman–Crippen MR) is 104 cm³/mol. The smallest absolute Gasteiger partial charge is 0.253 e. The Labute approximate surface area is 159 Å². The summed E-state index contributed by atoms with van der Waals surface area (Å²) in [5.41, 5.74) is 2.98. The van der Waals surface area contributed by atoms with Crippen LogP contribution in [-0.4, -0.2) is 50.0 Å². The van der Waals surface area contributed by atoms with Crippen molar-refractivity contribution in [3.05, 3.63) is 53.6 Å². The van der Waals surface area contributed by atoms with Gasteiger partial charge >= 0.3 is 0 Å². The van der Waals surface area contributed by atoms with Crippen LogP contribution < -0.4 is 4.74 Å². The number of methoxy groups -OCH3 is 2. The van der Waals surface area contributed by atoms with Crippen molar-refractivity contribution < 1.29 is 19.1 Å². The number of amides is 1. The molecule has 0 bridgehead atoms. The first-order valence-electron chi connectivity index (χ1n) is 9.15. The van der Waals surface area contributed by atoms with Crippen molar-refractivity contribution in [2.75, 3.05) is 27.3 Å². The first-order valence-corrected chi connectivity index (χ1v) is 9.15. The lowest BCUT2D eigenvalue weighted by Crippen LogP contribution is -2.40. The summed E-state index contributed by atoms with van der Waals surface area (Å²) in [6.45, 7) is 2.93. The number of ketones is 1. The van der Waals surface area contributed by atoms with Crippen LogP contribution in [0.5, 0.6) is 5.75 Å². The molecule has 142 valence electrons. The second-order valence-electron chi connectivity index (χ2n) is 6.78. The standard InChI is InChI=1S/C22H25NO4/c1-15(24)20-14-17(7-8-21(20)27-3)16-5-4-6-18(13-16)22(25)23-11-9-19(26-2)10-12-23/h4-8,13-14,19H,9-12H2,1-3H3. The van der Waals surface area contributed by atoms with E-state index in [2.05, 4.69) is 0 Å². The van der Waals surface area contributed by atoms with Crippen molar-refractivity contribution in [1.82, 2.24) is 4.90 Å². The van der Waals surface area contributed by atoms with E-state index in [1.54, 1.807) is 20.3 Å². The van der Waals surface area contributed by atoms with Gasteiger partial charge < -0.3 is 14.4 Å². The topological polar surface area (TPSA) is 55.8 Å². The van der Waals surface area contributed by atoms with Gasteiger partial charge in [0.25, 0.3) is 5.91 Å². The van der Waals surface area contributed by atoms with Crippen LogP contribution in [-0.2, 0) is 4.74 Å². The van der Waals surface area contributed by atoms with Crippen LogP contribution >= 0.6 is 0 Å². The second kappa shape index (κ2) is 8.35. The minimum Gasteiger partial charge on any atom is -0.496 e. The number of ether oxygens (including phenoxy) is 2. The monoisotopic (exact) mass is 367 g/mol. The second-order valence-corrected chi connectivity index (χ2v) is 6.78. The van der Waals surface area contributed by atoms with E-state index in [4.69, 9.17) is 9.47 Å². The van der Waals surface area contributed by atoms with Gasteiger partial charge in [-0.2, -0.15) is 0 Å². The van der Waals surface area contributed by atoms with Crippen LogP contribution in [0, 0.1) is 0 Å². The lowest BCUT2D eigenvalue weighted by molar-refractivity contribution is 0.0350. The molecule has 2 aromatic rings. The third kappa shape index (κ3) is 4.19. The molecule has 0 aliphatic carbocycles. The predicted octanol–water partition coefficient (Wildman–Crippen LogP) is 3.82. The number of carbonyl (C=O) groups is 2. The molecule has 5 heteroatoms. The lowest BCUT2D eigenvalue weighted by Gasteiger charge is -2.31. The average Bonchev–Trinajstić information content (AvgIpc) is 2.72. The molecule has 0 radical (unpaired) electrons. The zero-order valence-electron chi connectivity index (χ0n) is 16.0. The Morgan fingerprint density at radius 2 is 1.70 bits per heavy atom. The maximum atomic E-state index is 12.9. The van der Waals surface area contributed by atoms with Gasteiger partial charge in [0.2, 0.25) is 0 Å². The molecule has 5 nitrogen and oxygen atoms in total. The number of carbonyl (C=O) groups excluding carboxylic acids is 2. The van der Waals surface area contributed by atoms with Crippen molar-refractivity contribution in [1.29, 1.82) is 0 Å². The summed E-state index contributed by atoms with van der Waals surface area (Å²) in [7, 11) is 3.27. The molecule has 0 spiro atoms. The first-order chi connectivity index (χ1) is 13.0. The van der Waals surface area contributed by atoms with Gasteiger partial charge in [-0.1, -0.05) is 18.2 Å². The molecule has 1 aliphatic heterocycles. The molecule has 0 atom stereocenters. The molecule has 1 aliphatic rings. The minimum absolute atomic E-state index is 0.0340. The third-order valence-electron chi connectivity index (χ3n) is 5.08. The van der Waals surface area contributed by atoms with Crippen LogP contribution in [0.15, 0.2) is 42.5 Å². The quantitative estimate of drug-likeness (QED) is 0.754. The van der Waals surface area contributed by atoms with Crippen molar-refractivity contribution >= 4 is 11.7 Å². The number of piperidine rings is 1. The Bertz CT molecular complexity index is 838. The van der Waals surface area contributed by atoms with Crippen molar-refractivity contribution in [3.8, 4) is 16.9 Å². The molecule has 0 saturated carbocycles. The number of nitrogens with zero attached hydrogens (tertiary/aromatic N) is 1. The van der Waals surface area contributed by atoms with Gasteiger partial charge in [-0.15, -0.1) is 0 Å². The highest BCUT2D eigenvalue weighted by Crippen LogP contribution is 2.28. The number of hydrogen-bond acceptors (Lipinski definition) is 4. The van der Waals surface area contributed by atoms with Crippen LogP contribution in [0.3, 0.4) is 0 Å². The highest BCUT2D eigenvalue weighted by atomic mass is 16.5. The number of hydrogen-bond donors (Lipinski definition) is 0. The summed E-state index contributed by atoms with van der Waals surface area (Å²) in [5.74, 6) is 0.535. The van der Waals surface area contributed by atoms with Gasteiger partial charge in [-0.3, -0.25) is 9.59 Å². The summed E-state index contributed by atoms with van der Waals surface area (Å²) in [6.07, 6.45) is 1.97. The largest absolute Gasteiger partial charge is 0.496 e. The SMILES string of the molecule is COc1ccc(-c2cccc(C(=O)N3CCC(OC)CC3)c2)cc1C(C)=O. The molecule has 1 amide bonds. The van der Waals surface area contributed by atoms with E-state index in [1.807, 2.05) is 41.3 Å². The third-order valence-corrected chi connectivity index (χ3v) is 5.08. The van der Waals surface area contributed by atoms with Crippen LogP contribution in [0.25, 0.3) is 11.1 Å². The number of Topliss-reactive ketones (excluding diaryl/α,β-unsaturated/α-hetero) is 1. The van der Waals surface area contributed by atoms with Gasteiger partial charge in [0, 0.05) is 25.8 Å². The summed E-state index contributed by atoms with van der Waals surface area (Å²) < 4.78 is 10.6. The highest BCUT2D eigenvalue weighted by Gasteiger charge is 2.23. The van der Waals surface area contributed by atoms with E-state index in [9.17, 15) is 9.59 Å². The Hall–Kier alpha value is -2.66. The van der Waals surface area contributed by atoms with E-state index in [-0.39, 0.29) is 17.8 Å². The molecule has 0 unspecified atom stereocenters. The van der Waals surface area contributed by atoms with Gasteiger partial charge in [-0.25, -0.2) is 0 Å². The van der Waals surface area contributed by atoms with Gasteiger partial charge in [0.05, 0.1) is 18.8 Å². The molecule has 27 heavy (non-hydrogen) atoms. The van der Waals surface area contributed by atoms with E-state index < -0.39 is 0 Å². The molecule has 0 aromatic heterocycles. The summed E-state index contributed by atoms with van der Waals surface area (Å²) in [4.78, 5) is 26.6. The Kier molecular flexibility index (Phi) is 5.91. The van der Waals surface area contributed by atoms with E-state index in [0.717, 1.165) is 24.0 Å². The summed E-state index contributed by atoms with van der Waals surface area (Å²) >= 11 is 0. The molecule has 1 heterocycles. The summed E-state index contributed by atoms with van der Waals surface area (Å²) in [5, 5.41) is 0. The normalized spacial score (nSPS) is 14.9.